The lowest BCUT2D eigenvalue weighted by atomic mass is 10.3. The first-order valence-corrected chi connectivity index (χ1v) is 4.11. The van der Waals surface area contributed by atoms with Gasteiger partial charge < -0.3 is 10.8 Å². The Labute approximate surface area is 76.2 Å². The van der Waals surface area contributed by atoms with Gasteiger partial charge in [0.05, 0.1) is 6.10 Å². The third kappa shape index (κ3) is 2.55. The van der Waals surface area contributed by atoms with Crippen molar-refractivity contribution in [1.82, 2.24) is 9.78 Å². The number of amides is 1. The van der Waals surface area contributed by atoms with E-state index in [2.05, 4.69) is 5.10 Å². The summed E-state index contributed by atoms with van der Waals surface area (Å²) >= 11 is 0. The van der Waals surface area contributed by atoms with E-state index in [0.717, 1.165) is 0 Å². The van der Waals surface area contributed by atoms with Gasteiger partial charge in [-0.25, -0.2) is 0 Å². The van der Waals surface area contributed by atoms with Crippen LogP contribution in [0.5, 0.6) is 0 Å². The first-order valence-electron chi connectivity index (χ1n) is 4.11. The summed E-state index contributed by atoms with van der Waals surface area (Å²) in [4.78, 5) is 10.8. The van der Waals surface area contributed by atoms with Gasteiger partial charge in [0, 0.05) is 12.7 Å². The molecule has 13 heavy (non-hydrogen) atoms. The summed E-state index contributed by atoms with van der Waals surface area (Å²) in [5, 5.41) is 12.9. The predicted octanol–water partition coefficient (Wildman–Crippen LogP) is -0.247. The van der Waals surface area contributed by atoms with Crippen LogP contribution in [-0.4, -0.2) is 26.9 Å². The molecule has 1 heterocycles. The second-order valence-corrected chi connectivity index (χ2v) is 2.94. The molecule has 5 heteroatoms. The number of nitrogens with two attached hydrogens (primary N) is 1. The van der Waals surface area contributed by atoms with Crippen molar-refractivity contribution in [3.8, 4) is 0 Å². The van der Waals surface area contributed by atoms with Gasteiger partial charge in [-0.3, -0.25) is 9.48 Å². The van der Waals surface area contributed by atoms with E-state index < -0.39 is 12.0 Å². The van der Waals surface area contributed by atoms with E-state index >= 15 is 0 Å². The highest BCUT2D eigenvalue weighted by atomic mass is 16.3. The van der Waals surface area contributed by atoms with Crippen molar-refractivity contribution in [1.29, 1.82) is 0 Å². The smallest absolute Gasteiger partial charge is 0.266 e. The standard InChI is InChI=1S/C8H13N3O2/c1-6(12)3-5-11-7(8(9)13)2-4-10-11/h2,4,6,12H,3,5H2,1H3,(H2,9,13). The zero-order chi connectivity index (χ0) is 9.84. The van der Waals surface area contributed by atoms with E-state index in [9.17, 15) is 4.79 Å². The molecule has 0 aliphatic heterocycles. The predicted molar refractivity (Wildman–Crippen MR) is 47.0 cm³/mol. The molecule has 0 aliphatic rings. The Bertz CT molecular complexity index is 293. The quantitative estimate of drug-likeness (QED) is 0.675. The van der Waals surface area contributed by atoms with E-state index in [1.54, 1.807) is 13.0 Å². The fraction of sp³-hybridized carbons (Fsp3) is 0.500. The highest BCUT2D eigenvalue weighted by Gasteiger charge is 2.07. The van der Waals surface area contributed by atoms with Crippen molar-refractivity contribution < 1.29 is 9.90 Å². The second-order valence-electron chi connectivity index (χ2n) is 2.94. The summed E-state index contributed by atoms with van der Waals surface area (Å²) in [5.41, 5.74) is 5.48. The molecule has 5 nitrogen and oxygen atoms in total. The third-order valence-electron chi connectivity index (χ3n) is 1.73. The van der Waals surface area contributed by atoms with Crippen LogP contribution in [0.2, 0.25) is 0 Å². The van der Waals surface area contributed by atoms with E-state index in [-0.39, 0.29) is 0 Å². The molecule has 1 aromatic heterocycles. The number of aromatic nitrogens is 2. The normalized spacial score (nSPS) is 12.8. The van der Waals surface area contributed by atoms with Gasteiger partial charge in [-0.2, -0.15) is 5.10 Å². The lowest BCUT2D eigenvalue weighted by Crippen LogP contribution is -2.19. The topological polar surface area (TPSA) is 81.1 Å². The zero-order valence-corrected chi connectivity index (χ0v) is 7.47. The summed E-state index contributed by atoms with van der Waals surface area (Å²) < 4.78 is 1.50. The molecule has 0 bridgehead atoms. The molecular weight excluding hydrogens is 170 g/mol. The van der Waals surface area contributed by atoms with E-state index in [0.29, 0.717) is 18.7 Å². The van der Waals surface area contributed by atoms with E-state index in [1.165, 1.54) is 10.9 Å². The van der Waals surface area contributed by atoms with Gasteiger partial charge in [-0.1, -0.05) is 0 Å². The van der Waals surface area contributed by atoms with Gasteiger partial charge in [-0.15, -0.1) is 0 Å². The number of carbonyl (C=O) groups is 1. The van der Waals surface area contributed by atoms with E-state index in [4.69, 9.17) is 10.8 Å². The molecule has 1 aromatic rings. The second kappa shape index (κ2) is 4.04. The molecule has 0 saturated heterocycles. The summed E-state index contributed by atoms with van der Waals surface area (Å²) in [5.74, 6) is -0.497. The average Bonchev–Trinajstić information content (AvgIpc) is 2.47. The Morgan fingerprint density at radius 1 is 1.85 bits per heavy atom. The molecule has 0 saturated carbocycles. The largest absolute Gasteiger partial charge is 0.393 e. The van der Waals surface area contributed by atoms with Crippen LogP contribution in [0.25, 0.3) is 0 Å². The third-order valence-corrected chi connectivity index (χ3v) is 1.73. The minimum absolute atomic E-state index is 0.376. The molecule has 3 N–H and O–H groups in total. The Morgan fingerprint density at radius 3 is 3.08 bits per heavy atom. The number of aryl methyl sites for hydroxylation is 1. The maximum atomic E-state index is 10.8. The van der Waals surface area contributed by atoms with Crippen molar-refractivity contribution in [2.45, 2.75) is 26.0 Å². The Balaban J connectivity index is 2.65. The first-order chi connectivity index (χ1) is 6.11. The van der Waals surface area contributed by atoms with Crippen molar-refractivity contribution in [2.24, 2.45) is 5.73 Å². The molecule has 1 rings (SSSR count). The molecule has 0 aromatic carbocycles. The van der Waals surface area contributed by atoms with Crippen molar-refractivity contribution >= 4 is 5.91 Å². The van der Waals surface area contributed by atoms with E-state index in [1.807, 2.05) is 0 Å². The molecule has 0 spiro atoms. The minimum atomic E-state index is -0.497. The molecular formula is C8H13N3O2. The number of nitrogens with zero attached hydrogens (tertiary/aromatic N) is 2. The fourth-order valence-electron chi connectivity index (χ4n) is 1.03. The molecule has 0 aliphatic carbocycles. The number of rotatable bonds is 4. The van der Waals surface area contributed by atoms with Crippen LogP contribution in [0.1, 0.15) is 23.8 Å². The van der Waals surface area contributed by atoms with Gasteiger partial charge in [0.1, 0.15) is 5.69 Å². The Morgan fingerprint density at radius 2 is 2.54 bits per heavy atom. The minimum Gasteiger partial charge on any atom is -0.393 e. The first kappa shape index (κ1) is 9.73. The molecule has 1 atom stereocenters. The molecule has 1 amide bonds. The fourth-order valence-corrected chi connectivity index (χ4v) is 1.03. The van der Waals surface area contributed by atoms with Gasteiger partial charge in [0.2, 0.25) is 0 Å². The monoisotopic (exact) mass is 183 g/mol. The average molecular weight is 183 g/mol. The molecule has 0 radical (unpaired) electrons. The van der Waals surface area contributed by atoms with Gasteiger partial charge >= 0.3 is 0 Å². The van der Waals surface area contributed by atoms with Crippen LogP contribution in [0, 0.1) is 0 Å². The van der Waals surface area contributed by atoms with Crippen LogP contribution in [0.3, 0.4) is 0 Å². The van der Waals surface area contributed by atoms with Crippen molar-refractivity contribution in [3.05, 3.63) is 18.0 Å². The van der Waals surface area contributed by atoms with Crippen molar-refractivity contribution in [2.75, 3.05) is 0 Å². The lowest BCUT2D eigenvalue weighted by molar-refractivity contribution is 0.0987. The highest BCUT2D eigenvalue weighted by Crippen LogP contribution is 2.00. The Kier molecular flexibility index (Phi) is 3.02. The van der Waals surface area contributed by atoms with Crippen LogP contribution in [0.15, 0.2) is 12.3 Å². The van der Waals surface area contributed by atoms with Gasteiger partial charge in [0.25, 0.3) is 5.91 Å². The van der Waals surface area contributed by atoms with Crippen LogP contribution < -0.4 is 5.73 Å². The highest BCUT2D eigenvalue weighted by molar-refractivity contribution is 5.90. The summed E-state index contributed by atoms with van der Waals surface area (Å²) in [6, 6.07) is 1.56. The number of primary amides is 1. The number of carbonyl (C=O) groups excluding carboxylic acids is 1. The number of aliphatic hydroxyl groups is 1. The Hall–Kier alpha value is -1.36. The SMILES string of the molecule is CC(O)CCn1nccc1C(N)=O. The molecule has 0 fully saturated rings. The number of hydrogen-bond acceptors (Lipinski definition) is 3. The van der Waals surface area contributed by atoms with Crippen LogP contribution in [0.4, 0.5) is 0 Å². The van der Waals surface area contributed by atoms with Gasteiger partial charge in [0.15, 0.2) is 0 Å². The maximum absolute atomic E-state index is 10.8. The van der Waals surface area contributed by atoms with Crippen molar-refractivity contribution in [3.63, 3.8) is 0 Å². The number of aliphatic hydroxyl groups excluding tert-OH is 1. The zero-order valence-electron chi connectivity index (χ0n) is 7.47. The molecule has 72 valence electrons. The van der Waals surface area contributed by atoms with Gasteiger partial charge in [-0.05, 0) is 19.4 Å². The van der Waals surface area contributed by atoms with Crippen LogP contribution in [-0.2, 0) is 6.54 Å². The maximum Gasteiger partial charge on any atom is 0.266 e. The lowest BCUT2D eigenvalue weighted by Gasteiger charge is -2.06. The number of hydrogen-bond donors (Lipinski definition) is 2. The molecule has 1 unspecified atom stereocenters. The van der Waals surface area contributed by atoms with Crippen LogP contribution >= 0.6 is 0 Å². The summed E-state index contributed by atoms with van der Waals surface area (Å²) in [6.45, 7) is 2.19. The summed E-state index contributed by atoms with van der Waals surface area (Å²) in [7, 11) is 0. The summed E-state index contributed by atoms with van der Waals surface area (Å²) in [6.07, 6.45) is 1.68.